The normalized spacial score (nSPS) is 22.5. The predicted octanol–water partition coefficient (Wildman–Crippen LogP) is 1.31. The van der Waals surface area contributed by atoms with E-state index in [0.29, 0.717) is 25.5 Å². The third-order valence-electron chi connectivity index (χ3n) is 5.67. The highest BCUT2D eigenvalue weighted by molar-refractivity contribution is 7.91. The van der Waals surface area contributed by atoms with E-state index in [0.717, 1.165) is 11.1 Å². The Morgan fingerprint density at radius 2 is 2.00 bits per heavy atom. The van der Waals surface area contributed by atoms with Crippen molar-refractivity contribution in [1.29, 1.82) is 0 Å². The molecule has 31 heavy (non-hydrogen) atoms. The van der Waals surface area contributed by atoms with Crippen LogP contribution in [0.4, 0.5) is 0 Å². The molecule has 2 saturated heterocycles. The van der Waals surface area contributed by atoms with Crippen LogP contribution in [-0.4, -0.2) is 54.2 Å². The first kappa shape index (κ1) is 21.3. The van der Waals surface area contributed by atoms with Gasteiger partial charge in [-0.1, -0.05) is 30.3 Å². The maximum Gasteiger partial charge on any atom is 0.225 e. The number of aromatic nitrogens is 1. The molecule has 0 bridgehead atoms. The largest absolute Gasteiger partial charge is 0.473 e. The molecule has 0 saturated carbocycles. The maximum atomic E-state index is 12.6. The molecule has 1 aromatic carbocycles. The molecule has 4 rings (SSSR count). The molecule has 2 atom stereocenters. The molecule has 1 aromatic heterocycles. The lowest BCUT2D eigenvalue weighted by Gasteiger charge is -2.22. The van der Waals surface area contributed by atoms with Crippen molar-refractivity contribution in [1.82, 2.24) is 15.2 Å². The minimum Gasteiger partial charge on any atom is -0.473 e. The van der Waals surface area contributed by atoms with E-state index in [9.17, 15) is 18.0 Å². The van der Waals surface area contributed by atoms with Crippen molar-refractivity contribution in [2.45, 2.75) is 32.0 Å². The van der Waals surface area contributed by atoms with Crippen molar-refractivity contribution < 1.29 is 22.7 Å². The standard InChI is InChI=1S/C22H25N3O5S/c26-21-11-18(13-25(21)19-7-9-31(28,29)15-19)22(27)24-12-17-6-8-23-20(10-17)30-14-16-4-2-1-3-5-16/h1-6,8,10,18-19H,7,9,11-15H2,(H,24,27). The molecule has 2 aromatic rings. The quantitative estimate of drug-likeness (QED) is 0.692. The topological polar surface area (TPSA) is 106 Å². The summed E-state index contributed by atoms with van der Waals surface area (Å²) < 4.78 is 29.1. The highest BCUT2D eigenvalue weighted by atomic mass is 32.2. The number of rotatable bonds is 7. The molecule has 2 amide bonds. The van der Waals surface area contributed by atoms with Crippen LogP contribution in [-0.2, 0) is 32.6 Å². The molecule has 0 aliphatic carbocycles. The average molecular weight is 444 g/mol. The molecule has 2 aliphatic heterocycles. The van der Waals surface area contributed by atoms with Gasteiger partial charge in [-0.3, -0.25) is 9.59 Å². The second-order valence-corrected chi connectivity index (χ2v) is 10.2. The van der Waals surface area contributed by atoms with Gasteiger partial charge in [-0.05, 0) is 23.6 Å². The van der Waals surface area contributed by atoms with Gasteiger partial charge in [0.1, 0.15) is 6.61 Å². The van der Waals surface area contributed by atoms with Gasteiger partial charge in [-0.2, -0.15) is 0 Å². The minimum absolute atomic E-state index is 0.00411. The third-order valence-corrected chi connectivity index (χ3v) is 7.42. The van der Waals surface area contributed by atoms with E-state index in [1.54, 1.807) is 23.2 Å². The van der Waals surface area contributed by atoms with E-state index >= 15 is 0 Å². The maximum absolute atomic E-state index is 12.6. The van der Waals surface area contributed by atoms with Gasteiger partial charge in [-0.25, -0.2) is 13.4 Å². The molecule has 0 spiro atoms. The number of nitrogens with one attached hydrogen (secondary N) is 1. The van der Waals surface area contributed by atoms with E-state index < -0.39 is 15.8 Å². The molecule has 8 nitrogen and oxygen atoms in total. The van der Waals surface area contributed by atoms with Gasteiger partial charge in [0.15, 0.2) is 9.84 Å². The molecule has 2 aliphatic rings. The predicted molar refractivity (Wildman–Crippen MR) is 114 cm³/mol. The summed E-state index contributed by atoms with van der Waals surface area (Å²) in [6.07, 6.45) is 2.19. The number of likely N-dealkylation sites (tertiary alicyclic amines) is 1. The summed E-state index contributed by atoms with van der Waals surface area (Å²) in [7, 11) is -3.08. The number of carbonyl (C=O) groups excluding carboxylic acids is 2. The zero-order valence-corrected chi connectivity index (χ0v) is 17.9. The summed E-state index contributed by atoms with van der Waals surface area (Å²) in [5.74, 6) is -0.250. The molecule has 0 radical (unpaired) electrons. The zero-order chi connectivity index (χ0) is 21.8. The Hall–Kier alpha value is -2.94. The van der Waals surface area contributed by atoms with E-state index in [1.807, 2.05) is 30.3 Å². The van der Waals surface area contributed by atoms with Gasteiger partial charge in [0.25, 0.3) is 0 Å². The van der Waals surface area contributed by atoms with Gasteiger partial charge in [0.2, 0.25) is 17.7 Å². The fraction of sp³-hybridized carbons (Fsp3) is 0.409. The molecular formula is C22H25N3O5S. The number of hydrogen-bond acceptors (Lipinski definition) is 6. The lowest BCUT2D eigenvalue weighted by Crippen LogP contribution is -2.39. The molecule has 2 unspecified atom stereocenters. The van der Waals surface area contributed by atoms with Crippen LogP contribution in [0.15, 0.2) is 48.7 Å². The summed E-state index contributed by atoms with van der Waals surface area (Å²) in [6, 6.07) is 13.0. The smallest absolute Gasteiger partial charge is 0.225 e. The van der Waals surface area contributed by atoms with Crippen molar-refractivity contribution in [2.75, 3.05) is 18.1 Å². The zero-order valence-electron chi connectivity index (χ0n) is 17.1. The Bertz CT molecular complexity index is 1060. The SMILES string of the molecule is O=C(NCc1ccnc(OCc2ccccc2)c1)C1CC(=O)N(C2CCS(=O)(=O)C2)C1. The van der Waals surface area contributed by atoms with Crippen LogP contribution in [0.25, 0.3) is 0 Å². The number of hydrogen-bond donors (Lipinski definition) is 1. The van der Waals surface area contributed by atoms with Crippen LogP contribution >= 0.6 is 0 Å². The van der Waals surface area contributed by atoms with E-state index in [4.69, 9.17) is 4.74 Å². The van der Waals surface area contributed by atoms with Gasteiger partial charge in [0, 0.05) is 37.8 Å². The Labute approximate surface area is 181 Å². The Balaban J connectivity index is 1.28. The highest BCUT2D eigenvalue weighted by Gasteiger charge is 2.41. The summed E-state index contributed by atoms with van der Waals surface area (Å²) in [5, 5.41) is 2.87. The Kier molecular flexibility index (Phi) is 6.22. The molecule has 1 N–H and O–H groups in total. The van der Waals surface area contributed by atoms with Crippen LogP contribution in [0.2, 0.25) is 0 Å². The average Bonchev–Trinajstić information content (AvgIpc) is 3.33. The first-order valence-electron chi connectivity index (χ1n) is 10.3. The van der Waals surface area contributed by atoms with Crippen molar-refractivity contribution in [3.8, 4) is 5.88 Å². The van der Waals surface area contributed by atoms with Crippen LogP contribution in [0, 0.1) is 5.92 Å². The van der Waals surface area contributed by atoms with Gasteiger partial charge < -0.3 is 15.0 Å². The van der Waals surface area contributed by atoms with E-state index in [1.165, 1.54) is 0 Å². The van der Waals surface area contributed by atoms with E-state index in [-0.39, 0.29) is 42.3 Å². The number of amides is 2. The molecule has 164 valence electrons. The van der Waals surface area contributed by atoms with Crippen LogP contribution in [0.5, 0.6) is 5.88 Å². The number of benzene rings is 1. The van der Waals surface area contributed by atoms with Crippen LogP contribution in [0.3, 0.4) is 0 Å². The number of pyridine rings is 1. The van der Waals surface area contributed by atoms with Gasteiger partial charge in [-0.15, -0.1) is 0 Å². The molecule has 2 fully saturated rings. The summed E-state index contributed by atoms with van der Waals surface area (Å²) in [5.41, 5.74) is 1.88. The molecule has 9 heteroatoms. The monoisotopic (exact) mass is 443 g/mol. The molecule has 3 heterocycles. The van der Waals surface area contributed by atoms with Crippen molar-refractivity contribution >= 4 is 21.7 Å². The summed E-state index contributed by atoms with van der Waals surface area (Å²) >= 11 is 0. The van der Waals surface area contributed by atoms with Gasteiger partial charge in [0.05, 0.1) is 17.4 Å². The second-order valence-electron chi connectivity index (χ2n) is 8.00. The second kappa shape index (κ2) is 9.05. The molecular weight excluding hydrogens is 418 g/mol. The first-order chi connectivity index (χ1) is 14.9. The number of carbonyl (C=O) groups is 2. The number of ether oxygens (including phenoxy) is 1. The minimum atomic E-state index is -3.08. The first-order valence-corrected chi connectivity index (χ1v) is 12.1. The van der Waals surface area contributed by atoms with Gasteiger partial charge >= 0.3 is 0 Å². The Morgan fingerprint density at radius 3 is 2.74 bits per heavy atom. The Morgan fingerprint density at radius 1 is 1.19 bits per heavy atom. The lowest BCUT2D eigenvalue weighted by molar-refractivity contribution is -0.130. The fourth-order valence-electron chi connectivity index (χ4n) is 3.99. The number of nitrogens with zero attached hydrogens (tertiary/aromatic N) is 2. The lowest BCUT2D eigenvalue weighted by atomic mass is 10.1. The third kappa shape index (κ3) is 5.41. The highest BCUT2D eigenvalue weighted by Crippen LogP contribution is 2.26. The number of sulfone groups is 1. The van der Waals surface area contributed by atoms with Crippen LogP contribution < -0.4 is 10.1 Å². The van der Waals surface area contributed by atoms with Crippen LogP contribution in [0.1, 0.15) is 24.0 Å². The van der Waals surface area contributed by atoms with E-state index in [2.05, 4.69) is 10.3 Å². The van der Waals surface area contributed by atoms with Crippen molar-refractivity contribution in [3.05, 3.63) is 59.8 Å². The summed E-state index contributed by atoms with van der Waals surface area (Å²) in [4.78, 5) is 30.7. The van der Waals surface area contributed by atoms with Crippen molar-refractivity contribution in [3.63, 3.8) is 0 Å². The summed E-state index contributed by atoms with van der Waals surface area (Å²) in [6.45, 7) is 0.971. The fourth-order valence-corrected chi connectivity index (χ4v) is 5.72. The van der Waals surface area contributed by atoms with Crippen molar-refractivity contribution in [2.24, 2.45) is 5.92 Å².